The fraction of sp³-hybridized carbons (Fsp3) is 0.200. The molecule has 0 atom stereocenters. The number of carbonyl (C=O) groups is 1. The molecule has 5 nitrogen and oxygen atoms in total. The monoisotopic (exact) mass is 482 g/mol. The van der Waals surface area contributed by atoms with E-state index in [0.29, 0.717) is 16.8 Å². The third-order valence-electron chi connectivity index (χ3n) is 5.88. The van der Waals surface area contributed by atoms with E-state index in [-0.39, 0.29) is 16.3 Å². The Morgan fingerprint density at radius 1 is 1.12 bits per heavy atom. The van der Waals surface area contributed by atoms with E-state index in [9.17, 15) is 18.0 Å². The van der Waals surface area contributed by atoms with Crippen molar-refractivity contribution in [3.63, 3.8) is 0 Å². The Kier molecular flexibility index (Phi) is 5.75. The summed E-state index contributed by atoms with van der Waals surface area (Å²) < 4.78 is 39.9. The average molecular weight is 483 g/mol. The van der Waals surface area contributed by atoms with Crippen molar-refractivity contribution in [3.05, 3.63) is 87.9 Å². The van der Waals surface area contributed by atoms with E-state index in [1.165, 1.54) is 23.8 Å². The fourth-order valence-electron chi connectivity index (χ4n) is 4.22. The maximum atomic E-state index is 13.3. The lowest BCUT2D eigenvalue weighted by molar-refractivity contribution is -0.136. The van der Waals surface area contributed by atoms with E-state index in [0.717, 1.165) is 48.2 Å². The zero-order chi connectivity index (χ0) is 23.9. The molecule has 9 heteroatoms. The Bertz CT molecular complexity index is 1370. The first-order chi connectivity index (χ1) is 16.3. The summed E-state index contributed by atoms with van der Waals surface area (Å²) in [6, 6.07) is 17.0. The summed E-state index contributed by atoms with van der Waals surface area (Å²) in [5.74, 6) is -0.680. The highest BCUT2D eigenvalue weighted by Crippen LogP contribution is 2.38. The number of amides is 1. The van der Waals surface area contributed by atoms with E-state index in [2.05, 4.69) is 22.3 Å². The van der Waals surface area contributed by atoms with Crippen LogP contribution in [0.25, 0.3) is 10.2 Å². The molecule has 0 spiro atoms. The predicted octanol–water partition coefficient (Wildman–Crippen LogP) is 5.71. The van der Waals surface area contributed by atoms with Crippen molar-refractivity contribution < 1.29 is 18.0 Å². The Hall–Kier alpha value is -3.43. The van der Waals surface area contributed by atoms with Crippen LogP contribution in [0.5, 0.6) is 0 Å². The number of fused-ring (bicyclic) bond motifs is 2. The lowest BCUT2D eigenvalue weighted by Crippen LogP contribution is -2.30. The molecule has 0 unspecified atom stereocenters. The van der Waals surface area contributed by atoms with E-state index < -0.39 is 17.6 Å². The van der Waals surface area contributed by atoms with Gasteiger partial charge < -0.3 is 11.1 Å². The largest absolute Gasteiger partial charge is 0.418 e. The van der Waals surface area contributed by atoms with Crippen LogP contribution in [0.1, 0.15) is 32.1 Å². The molecule has 0 saturated heterocycles. The smallest absolute Gasteiger partial charge is 0.397 e. The van der Waals surface area contributed by atoms with Crippen molar-refractivity contribution in [2.45, 2.75) is 25.7 Å². The number of rotatable bonds is 4. The van der Waals surface area contributed by atoms with Gasteiger partial charge in [-0.15, -0.1) is 11.3 Å². The number of aromatic nitrogens is 1. The van der Waals surface area contributed by atoms with Gasteiger partial charge in [-0.1, -0.05) is 42.5 Å². The number of hydrogen-bond acceptors (Lipinski definition) is 5. The highest BCUT2D eigenvalue weighted by Gasteiger charge is 2.34. The standard InChI is InChI=1S/C25H21F3N4OS/c26-25(27,28)18-8-4-5-9-20(18)30-23(33)22-21(29)17-12-16-14-32(13-15-6-2-1-3-7-15)11-10-19(16)31-24(17)34-22/h1-9,12H,10-11,13-14,29H2,(H,30,33). The number of para-hydroxylation sites is 1. The van der Waals surface area contributed by atoms with Gasteiger partial charge in [-0.05, 0) is 29.3 Å². The molecular formula is C25H21F3N4OS. The van der Waals surface area contributed by atoms with Gasteiger partial charge in [0.1, 0.15) is 9.71 Å². The van der Waals surface area contributed by atoms with Crippen molar-refractivity contribution in [3.8, 4) is 0 Å². The molecule has 1 amide bonds. The molecule has 5 rings (SSSR count). The SMILES string of the molecule is Nc1c(C(=O)Nc2ccccc2C(F)(F)F)sc2nc3c(cc12)CN(Cc1ccccc1)CC3. The number of alkyl halides is 3. The maximum absolute atomic E-state index is 13.3. The van der Waals surface area contributed by atoms with Crippen LogP contribution in [0.3, 0.4) is 0 Å². The molecule has 1 aliphatic rings. The van der Waals surface area contributed by atoms with E-state index in [1.807, 2.05) is 24.3 Å². The van der Waals surface area contributed by atoms with Gasteiger partial charge in [0, 0.05) is 37.1 Å². The van der Waals surface area contributed by atoms with Crippen LogP contribution >= 0.6 is 11.3 Å². The second-order valence-corrected chi connectivity index (χ2v) is 9.23. The topological polar surface area (TPSA) is 71.2 Å². The molecule has 1 aliphatic heterocycles. The lowest BCUT2D eigenvalue weighted by Gasteiger charge is -2.28. The number of nitrogen functional groups attached to an aromatic ring is 1. The summed E-state index contributed by atoms with van der Waals surface area (Å²) in [7, 11) is 0. The first-order valence-electron chi connectivity index (χ1n) is 10.7. The van der Waals surface area contributed by atoms with Crippen LogP contribution in [0, 0.1) is 0 Å². The molecule has 4 aromatic rings. The highest BCUT2D eigenvalue weighted by atomic mass is 32.1. The molecule has 34 heavy (non-hydrogen) atoms. The van der Waals surface area contributed by atoms with E-state index >= 15 is 0 Å². The first kappa shape index (κ1) is 22.4. The number of hydrogen-bond donors (Lipinski definition) is 2. The highest BCUT2D eigenvalue weighted by molar-refractivity contribution is 7.21. The van der Waals surface area contributed by atoms with Crippen molar-refractivity contribution in [1.82, 2.24) is 9.88 Å². The van der Waals surface area contributed by atoms with Crippen LogP contribution in [-0.4, -0.2) is 22.3 Å². The molecule has 3 N–H and O–H groups in total. The number of nitrogens with zero attached hydrogens (tertiary/aromatic N) is 2. The summed E-state index contributed by atoms with van der Waals surface area (Å²) >= 11 is 1.10. The average Bonchev–Trinajstić information content (AvgIpc) is 3.13. The van der Waals surface area contributed by atoms with Gasteiger partial charge in [0.25, 0.3) is 5.91 Å². The van der Waals surface area contributed by atoms with E-state index in [1.54, 1.807) is 0 Å². The van der Waals surface area contributed by atoms with Gasteiger partial charge in [0.05, 0.1) is 16.9 Å². The zero-order valence-corrected chi connectivity index (χ0v) is 18.8. The number of anilines is 2. The lowest BCUT2D eigenvalue weighted by atomic mass is 10.0. The number of carbonyl (C=O) groups excluding carboxylic acids is 1. The molecule has 3 heterocycles. The molecule has 174 valence electrons. The third kappa shape index (κ3) is 4.36. The van der Waals surface area contributed by atoms with Gasteiger partial charge in [0.2, 0.25) is 0 Å². The number of nitrogens with one attached hydrogen (secondary N) is 1. The number of benzene rings is 2. The number of nitrogens with two attached hydrogens (primary N) is 1. The minimum absolute atomic E-state index is 0.156. The Morgan fingerprint density at radius 3 is 2.62 bits per heavy atom. The summed E-state index contributed by atoms with van der Waals surface area (Å²) in [4.78, 5) is 20.7. The Labute approximate surface area is 198 Å². The number of thiophene rings is 1. The van der Waals surface area contributed by atoms with Crippen LogP contribution in [0.4, 0.5) is 24.5 Å². The third-order valence-corrected chi connectivity index (χ3v) is 7.00. The fourth-order valence-corrected chi connectivity index (χ4v) is 5.21. The second-order valence-electron chi connectivity index (χ2n) is 8.24. The molecule has 2 aromatic heterocycles. The molecule has 0 saturated carbocycles. The normalized spacial score (nSPS) is 14.2. The van der Waals surface area contributed by atoms with Gasteiger partial charge in [-0.3, -0.25) is 9.69 Å². The van der Waals surface area contributed by atoms with Crippen molar-refractivity contribution in [2.24, 2.45) is 0 Å². The quantitative estimate of drug-likeness (QED) is 0.391. The molecule has 2 aromatic carbocycles. The van der Waals surface area contributed by atoms with Crippen LogP contribution in [0.2, 0.25) is 0 Å². The van der Waals surface area contributed by atoms with Crippen LogP contribution < -0.4 is 11.1 Å². The maximum Gasteiger partial charge on any atom is 0.418 e. The van der Waals surface area contributed by atoms with Gasteiger partial charge in [-0.25, -0.2) is 4.98 Å². The predicted molar refractivity (Wildman–Crippen MR) is 128 cm³/mol. The second kappa shape index (κ2) is 8.73. The van der Waals surface area contributed by atoms with Crippen molar-refractivity contribution in [1.29, 1.82) is 0 Å². The molecule has 0 radical (unpaired) electrons. The summed E-state index contributed by atoms with van der Waals surface area (Å²) in [6.07, 6.45) is -3.81. The van der Waals surface area contributed by atoms with Crippen LogP contribution in [-0.2, 0) is 25.7 Å². The molecule has 0 bridgehead atoms. The Balaban J connectivity index is 1.41. The van der Waals surface area contributed by atoms with Gasteiger partial charge >= 0.3 is 6.18 Å². The van der Waals surface area contributed by atoms with E-state index in [4.69, 9.17) is 10.7 Å². The number of halogens is 3. The summed E-state index contributed by atoms with van der Waals surface area (Å²) in [5.41, 5.74) is 8.55. The van der Waals surface area contributed by atoms with Crippen molar-refractivity contribution in [2.75, 3.05) is 17.6 Å². The van der Waals surface area contributed by atoms with Crippen molar-refractivity contribution >= 4 is 38.8 Å². The summed E-state index contributed by atoms with van der Waals surface area (Å²) in [5, 5.41) is 3.03. The molecule has 0 aliphatic carbocycles. The molecular weight excluding hydrogens is 461 g/mol. The minimum Gasteiger partial charge on any atom is -0.397 e. The van der Waals surface area contributed by atoms with Gasteiger partial charge in [-0.2, -0.15) is 13.2 Å². The zero-order valence-electron chi connectivity index (χ0n) is 18.0. The Morgan fingerprint density at radius 2 is 1.85 bits per heavy atom. The minimum atomic E-state index is -4.58. The number of pyridine rings is 1. The first-order valence-corrected chi connectivity index (χ1v) is 11.6. The summed E-state index contributed by atoms with van der Waals surface area (Å²) in [6.45, 7) is 2.40. The van der Waals surface area contributed by atoms with Crippen LogP contribution in [0.15, 0.2) is 60.7 Å². The van der Waals surface area contributed by atoms with Gasteiger partial charge in [0.15, 0.2) is 0 Å². The molecule has 0 fully saturated rings.